The lowest BCUT2D eigenvalue weighted by molar-refractivity contribution is -0.117. The van der Waals surface area contributed by atoms with E-state index in [2.05, 4.69) is 0 Å². The number of ketones is 1. The monoisotopic (exact) mass is 403 g/mol. The van der Waals surface area contributed by atoms with Gasteiger partial charge in [0.1, 0.15) is 23.2 Å². The average Bonchev–Trinajstić information content (AvgIpc) is 3.46. The molecule has 2 aromatic carbocycles. The van der Waals surface area contributed by atoms with E-state index < -0.39 is 29.3 Å². The van der Waals surface area contributed by atoms with E-state index in [1.165, 1.54) is 24.5 Å². The van der Waals surface area contributed by atoms with Gasteiger partial charge in [-0.3, -0.25) is 14.5 Å². The van der Waals surface area contributed by atoms with Gasteiger partial charge in [-0.15, -0.1) is 0 Å². The Hall–Kier alpha value is -4.13. The molecule has 1 atom stereocenters. The fourth-order valence-corrected chi connectivity index (χ4v) is 3.67. The summed E-state index contributed by atoms with van der Waals surface area (Å²) < 4.78 is 24.9. The molecular weight excluding hydrogens is 389 g/mol. The van der Waals surface area contributed by atoms with Gasteiger partial charge < -0.3 is 13.9 Å². The Morgan fingerprint density at radius 2 is 1.87 bits per heavy atom. The Bertz CT molecular complexity index is 1290. The van der Waals surface area contributed by atoms with Crippen LogP contribution in [0.25, 0.3) is 11.0 Å². The molecule has 0 bridgehead atoms. The topological polar surface area (TPSA) is 83.9 Å². The molecule has 1 amide bonds. The van der Waals surface area contributed by atoms with Crippen LogP contribution in [0.5, 0.6) is 0 Å². The third kappa shape index (κ3) is 2.71. The molecule has 0 spiro atoms. The van der Waals surface area contributed by atoms with Crippen LogP contribution >= 0.6 is 0 Å². The molecule has 30 heavy (non-hydrogen) atoms. The lowest BCUT2D eigenvalue weighted by Gasteiger charge is -2.24. The van der Waals surface area contributed by atoms with E-state index in [0.717, 1.165) is 11.0 Å². The van der Waals surface area contributed by atoms with Crippen molar-refractivity contribution in [3.63, 3.8) is 0 Å². The molecule has 2 aromatic heterocycles. The number of nitrogens with zero attached hydrogens (tertiary/aromatic N) is 1. The number of amides is 1. The Morgan fingerprint density at radius 1 is 1.03 bits per heavy atom. The lowest BCUT2D eigenvalue weighted by atomic mass is 9.99. The summed E-state index contributed by atoms with van der Waals surface area (Å²) in [6.07, 6.45) is 1.39. The number of anilines is 1. The average molecular weight is 403 g/mol. The maximum Gasteiger partial charge on any atom is 0.294 e. The molecule has 0 fully saturated rings. The first-order chi connectivity index (χ1) is 14.5. The van der Waals surface area contributed by atoms with E-state index in [4.69, 9.17) is 8.83 Å². The number of benzene rings is 2. The van der Waals surface area contributed by atoms with E-state index >= 15 is 0 Å². The van der Waals surface area contributed by atoms with Gasteiger partial charge in [-0.1, -0.05) is 24.3 Å². The summed E-state index contributed by atoms with van der Waals surface area (Å²) in [7, 11) is 0. The summed E-state index contributed by atoms with van der Waals surface area (Å²) >= 11 is 0. The number of carbonyl (C=O) groups excluding carboxylic acids is 2. The number of aliphatic hydroxyl groups is 1. The Kier molecular flexibility index (Phi) is 4.03. The summed E-state index contributed by atoms with van der Waals surface area (Å²) in [6.45, 7) is 0. The zero-order chi connectivity index (χ0) is 20.8. The van der Waals surface area contributed by atoms with E-state index in [0.29, 0.717) is 11.0 Å². The van der Waals surface area contributed by atoms with Gasteiger partial charge in [-0.05, 0) is 42.5 Å². The molecule has 0 saturated heterocycles. The van der Waals surface area contributed by atoms with Crippen molar-refractivity contribution >= 4 is 28.3 Å². The zero-order valence-corrected chi connectivity index (χ0v) is 15.4. The van der Waals surface area contributed by atoms with Gasteiger partial charge in [0.05, 0.1) is 11.8 Å². The maximum atomic E-state index is 13.8. The molecule has 1 N–H and O–H groups in total. The van der Waals surface area contributed by atoms with Crippen LogP contribution in [-0.2, 0) is 4.79 Å². The Morgan fingerprint density at radius 3 is 2.60 bits per heavy atom. The van der Waals surface area contributed by atoms with Crippen molar-refractivity contribution in [2.45, 2.75) is 6.04 Å². The number of hydrogen-bond acceptors (Lipinski definition) is 5. The zero-order valence-electron chi connectivity index (χ0n) is 15.4. The fourth-order valence-electron chi connectivity index (χ4n) is 3.67. The molecule has 5 rings (SSSR count). The fraction of sp³-hybridized carbons (Fsp3) is 0.0435. The Labute approximate surface area is 169 Å². The third-order valence-electron chi connectivity index (χ3n) is 5.00. The molecule has 1 aliphatic rings. The number of hydrogen-bond donors (Lipinski definition) is 1. The normalized spacial score (nSPS) is 16.6. The molecule has 0 saturated carbocycles. The molecule has 1 aliphatic heterocycles. The molecule has 7 heteroatoms. The quantitative estimate of drug-likeness (QED) is 0.488. The first kappa shape index (κ1) is 17.9. The van der Waals surface area contributed by atoms with Gasteiger partial charge in [0.15, 0.2) is 11.5 Å². The van der Waals surface area contributed by atoms with Crippen LogP contribution in [-0.4, -0.2) is 16.8 Å². The summed E-state index contributed by atoms with van der Waals surface area (Å²) in [5, 5.41) is 11.3. The van der Waals surface area contributed by atoms with Crippen LogP contribution in [0.4, 0.5) is 10.1 Å². The minimum Gasteiger partial charge on any atom is -0.503 e. The first-order valence-electron chi connectivity index (χ1n) is 9.13. The summed E-state index contributed by atoms with van der Waals surface area (Å²) in [4.78, 5) is 27.4. The number of carbonyl (C=O) groups is 2. The third-order valence-corrected chi connectivity index (χ3v) is 5.00. The Balaban J connectivity index is 1.65. The van der Waals surface area contributed by atoms with E-state index in [1.54, 1.807) is 42.5 Å². The van der Waals surface area contributed by atoms with Crippen LogP contribution in [0.15, 0.2) is 93.2 Å². The summed E-state index contributed by atoms with van der Waals surface area (Å²) in [6, 6.07) is 16.1. The number of halogens is 1. The second-order valence-corrected chi connectivity index (χ2v) is 6.81. The number of fused-ring (bicyclic) bond motifs is 1. The number of furan rings is 2. The van der Waals surface area contributed by atoms with Gasteiger partial charge in [0.25, 0.3) is 5.91 Å². The molecule has 6 nitrogen and oxygen atoms in total. The molecule has 3 heterocycles. The highest BCUT2D eigenvalue weighted by Crippen LogP contribution is 2.42. The molecule has 148 valence electrons. The SMILES string of the molecule is O=C(C1=C(O)C(=O)N(c2cccc(F)c2)C1c1ccco1)c1cc2ccccc2o1. The van der Waals surface area contributed by atoms with Crippen molar-refractivity contribution in [3.8, 4) is 0 Å². The number of Topliss-reactive ketones (excluding diaryl/α,β-unsaturated/α-hetero) is 1. The van der Waals surface area contributed by atoms with Crippen LogP contribution in [0.1, 0.15) is 22.4 Å². The maximum absolute atomic E-state index is 13.8. The number of para-hydroxylation sites is 1. The summed E-state index contributed by atoms with van der Waals surface area (Å²) in [5.41, 5.74) is 0.487. The smallest absolute Gasteiger partial charge is 0.294 e. The van der Waals surface area contributed by atoms with E-state index in [9.17, 15) is 19.1 Å². The molecule has 0 radical (unpaired) electrons. The minimum absolute atomic E-state index is 0.0248. The van der Waals surface area contributed by atoms with E-state index in [1.807, 2.05) is 0 Å². The van der Waals surface area contributed by atoms with Crippen molar-refractivity contribution in [1.29, 1.82) is 0 Å². The highest BCUT2D eigenvalue weighted by molar-refractivity contribution is 6.20. The molecular formula is C23H14FNO5. The van der Waals surface area contributed by atoms with Crippen molar-refractivity contribution < 1.29 is 27.9 Å². The predicted octanol–water partition coefficient (Wildman–Crippen LogP) is 4.95. The van der Waals surface area contributed by atoms with Crippen LogP contribution < -0.4 is 4.90 Å². The van der Waals surface area contributed by atoms with Gasteiger partial charge >= 0.3 is 0 Å². The van der Waals surface area contributed by atoms with Crippen molar-refractivity contribution in [2.24, 2.45) is 0 Å². The lowest BCUT2D eigenvalue weighted by Crippen LogP contribution is -2.30. The predicted molar refractivity (Wildman–Crippen MR) is 106 cm³/mol. The summed E-state index contributed by atoms with van der Waals surface area (Å²) in [5.74, 6) is -2.56. The molecule has 1 unspecified atom stereocenters. The molecule has 4 aromatic rings. The van der Waals surface area contributed by atoms with Gasteiger partial charge in [0, 0.05) is 11.1 Å². The van der Waals surface area contributed by atoms with Crippen LogP contribution in [0.3, 0.4) is 0 Å². The highest BCUT2D eigenvalue weighted by atomic mass is 19.1. The van der Waals surface area contributed by atoms with Crippen LogP contribution in [0.2, 0.25) is 0 Å². The molecule has 0 aliphatic carbocycles. The standard InChI is InChI=1S/C23H14FNO5/c24-14-6-3-7-15(12-14)25-20(17-9-4-10-29-17)19(22(27)23(25)28)21(26)18-11-13-5-1-2-8-16(13)30-18/h1-12,20,27H. The van der Waals surface area contributed by atoms with E-state index in [-0.39, 0.29) is 22.8 Å². The largest absolute Gasteiger partial charge is 0.503 e. The van der Waals surface area contributed by atoms with Crippen LogP contribution in [0, 0.1) is 5.82 Å². The van der Waals surface area contributed by atoms with Gasteiger partial charge in [-0.2, -0.15) is 0 Å². The second-order valence-electron chi connectivity index (χ2n) is 6.81. The second kappa shape index (κ2) is 6.73. The van der Waals surface area contributed by atoms with Crippen molar-refractivity contribution in [1.82, 2.24) is 0 Å². The van der Waals surface area contributed by atoms with Crippen molar-refractivity contribution in [3.05, 3.63) is 102 Å². The van der Waals surface area contributed by atoms with Gasteiger partial charge in [0.2, 0.25) is 5.78 Å². The number of rotatable bonds is 4. The minimum atomic E-state index is -1.07. The highest BCUT2D eigenvalue weighted by Gasteiger charge is 2.46. The number of aliphatic hydroxyl groups excluding tert-OH is 1. The van der Waals surface area contributed by atoms with Crippen molar-refractivity contribution in [2.75, 3.05) is 4.90 Å². The first-order valence-corrected chi connectivity index (χ1v) is 9.13. The van der Waals surface area contributed by atoms with Gasteiger partial charge in [-0.25, -0.2) is 4.39 Å².